The van der Waals surface area contributed by atoms with E-state index in [1.54, 1.807) is 13.2 Å². The molecule has 0 heterocycles. The summed E-state index contributed by atoms with van der Waals surface area (Å²) in [5.74, 6) is 6.45. The summed E-state index contributed by atoms with van der Waals surface area (Å²) in [5, 5.41) is 3.24. The Morgan fingerprint density at radius 1 is 0.900 bits per heavy atom. The fourth-order valence-electron chi connectivity index (χ4n) is 4.42. The molecule has 0 saturated carbocycles. The molecule has 0 fully saturated rings. The number of nitrogens with two attached hydrogens (primary N) is 1. The number of hydrogen-bond acceptors (Lipinski definition) is 5. The summed E-state index contributed by atoms with van der Waals surface area (Å²) >= 11 is 0. The minimum Gasteiger partial charge on any atom is -0.496 e. The number of carbonyl (C=O) groups excluding carboxylic acids is 1. The molecule has 1 aliphatic rings. The van der Waals surface area contributed by atoms with Crippen molar-refractivity contribution in [3.8, 4) is 11.5 Å². The minimum absolute atomic E-state index is 0.0335. The molecule has 1 amide bonds. The predicted octanol–water partition coefficient (Wildman–Crippen LogP) is 6.52. The number of methoxy groups -OCH3 is 1. The van der Waals surface area contributed by atoms with E-state index in [0.717, 1.165) is 27.8 Å². The third kappa shape index (κ3) is 8.06. The van der Waals surface area contributed by atoms with Crippen molar-refractivity contribution in [3.05, 3.63) is 137 Å². The molecule has 3 aromatic rings. The van der Waals surface area contributed by atoms with Gasteiger partial charge in [-0.05, 0) is 47.7 Å². The van der Waals surface area contributed by atoms with E-state index in [0.29, 0.717) is 30.9 Å². The highest BCUT2D eigenvalue weighted by Gasteiger charge is 2.17. The molecule has 0 radical (unpaired) electrons. The van der Waals surface area contributed by atoms with E-state index in [-0.39, 0.29) is 18.6 Å². The first-order valence-corrected chi connectivity index (χ1v) is 13.4. The number of nitrogens with one attached hydrogen (secondary N) is 1. The summed E-state index contributed by atoms with van der Waals surface area (Å²) in [6.45, 7) is 2.71. The van der Waals surface area contributed by atoms with Crippen LogP contribution in [0.5, 0.6) is 11.5 Å². The second kappa shape index (κ2) is 14.7. The van der Waals surface area contributed by atoms with E-state index in [1.807, 2.05) is 42.5 Å². The maximum absolute atomic E-state index is 13.0. The molecule has 0 saturated heterocycles. The molecule has 4 rings (SSSR count). The van der Waals surface area contributed by atoms with Gasteiger partial charge in [0.2, 0.25) is 5.91 Å². The van der Waals surface area contributed by atoms with Crippen molar-refractivity contribution in [3.63, 3.8) is 0 Å². The fourth-order valence-corrected chi connectivity index (χ4v) is 4.42. The van der Waals surface area contributed by atoms with Crippen LogP contribution >= 0.6 is 0 Å². The maximum Gasteiger partial charge on any atom is 0.220 e. The molecule has 1 unspecified atom stereocenters. The lowest BCUT2D eigenvalue weighted by Crippen LogP contribution is -2.29. The fraction of sp³-hybridized carbons (Fsp3) is 0.206. The van der Waals surface area contributed by atoms with E-state index in [9.17, 15) is 4.79 Å². The number of rotatable bonds is 12. The van der Waals surface area contributed by atoms with E-state index in [4.69, 9.17) is 20.2 Å². The van der Waals surface area contributed by atoms with Crippen LogP contribution in [0.3, 0.4) is 0 Å². The highest BCUT2D eigenvalue weighted by Crippen LogP contribution is 2.27. The monoisotopic (exact) mass is 536 g/mol. The maximum atomic E-state index is 13.0. The summed E-state index contributed by atoms with van der Waals surface area (Å²) in [4.78, 5) is 17.7. The van der Waals surface area contributed by atoms with Gasteiger partial charge in [-0.15, -0.1) is 0 Å². The van der Waals surface area contributed by atoms with Crippen molar-refractivity contribution in [1.82, 2.24) is 5.32 Å². The van der Waals surface area contributed by atoms with Crippen LogP contribution < -0.4 is 20.7 Å². The van der Waals surface area contributed by atoms with Gasteiger partial charge in [0.1, 0.15) is 11.5 Å². The number of allylic oxidation sites excluding steroid dienone is 8. The second-order valence-electron chi connectivity index (χ2n) is 9.52. The Hall–Kier alpha value is -4.39. The summed E-state index contributed by atoms with van der Waals surface area (Å²) in [6, 6.07) is 21.9. The van der Waals surface area contributed by atoms with E-state index in [1.165, 1.54) is 5.56 Å². The summed E-state index contributed by atoms with van der Waals surface area (Å²) < 4.78 is 11.2. The first kappa shape index (κ1) is 28.6. The Balaban J connectivity index is 1.40. The Bertz CT molecular complexity index is 1390. The molecule has 1 aliphatic carbocycles. The van der Waals surface area contributed by atoms with Crippen LogP contribution in [-0.2, 0) is 16.2 Å². The van der Waals surface area contributed by atoms with Gasteiger partial charge in [-0.2, -0.15) is 0 Å². The van der Waals surface area contributed by atoms with Gasteiger partial charge in [-0.1, -0.05) is 96.6 Å². The zero-order valence-corrected chi connectivity index (χ0v) is 23.0. The Morgan fingerprint density at radius 3 is 2.33 bits per heavy atom. The van der Waals surface area contributed by atoms with Crippen LogP contribution in [0, 0.1) is 6.92 Å². The first-order valence-electron chi connectivity index (χ1n) is 13.4. The predicted molar refractivity (Wildman–Crippen MR) is 160 cm³/mol. The van der Waals surface area contributed by atoms with E-state index in [2.05, 4.69) is 72.9 Å². The SMILES string of the molecule is COc1cc(OCCCC(=O)NC(c2ccc(C)cc2)c2ccc(C3=CC=CC=CC=C3)cc2)ccc1CON. The zero-order chi connectivity index (χ0) is 28.2. The number of benzene rings is 3. The van der Waals surface area contributed by atoms with Crippen LogP contribution in [0.1, 0.15) is 46.7 Å². The smallest absolute Gasteiger partial charge is 0.220 e. The lowest BCUT2D eigenvalue weighted by molar-refractivity contribution is -0.121. The van der Waals surface area contributed by atoms with Crippen molar-refractivity contribution in [2.24, 2.45) is 5.90 Å². The highest BCUT2D eigenvalue weighted by atomic mass is 16.6. The molecule has 6 heteroatoms. The third-order valence-electron chi connectivity index (χ3n) is 6.60. The molecule has 0 aliphatic heterocycles. The van der Waals surface area contributed by atoms with Gasteiger partial charge in [0, 0.05) is 18.1 Å². The normalized spacial score (nSPS) is 13.2. The molecule has 206 valence electrons. The average Bonchev–Trinajstić information content (AvgIpc) is 2.95. The number of hydrogen-bond donors (Lipinski definition) is 2. The molecule has 3 N–H and O–H groups in total. The van der Waals surface area contributed by atoms with Gasteiger partial charge < -0.3 is 14.8 Å². The van der Waals surface area contributed by atoms with Crippen LogP contribution in [-0.4, -0.2) is 19.6 Å². The Labute approximate surface area is 236 Å². The van der Waals surface area contributed by atoms with Crippen LogP contribution in [0.15, 0.2) is 109 Å². The lowest BCUT2D eigenvalue weighted by atomic mass is 9.95. The molecule has 6 nitrogen and oxygen atoms in total. The van der Waals surface area contributed by atoms with Gasteiger partial charge in [0.05, 0.1) is 26.4 Å². The summed E-state index contributed by atoms with van der Waals surface area (Å²) in [6.07, 6.45) is 15.2. The van der Waals surface area contributed by atoms with E-state index >= 15 is 0 Å². The van der Waals surface area contributed by atoms with Crippen molar-refractivity contribution in [2.75, 3.05) is 13.7 Å². The molecule has 0 spiro atoms. The third-order valence-corrected chi connectivity index (χ3v) is 6.60. The first-order chi connectivity index (χ1) is 19.6. The average molecular weight is 537 g/mol. The summed E-state index contributed by atoms with van der Waals surface area (Å²) in [7, 11) is 1.59. The van der Waals surface area contributed by atoms with Gasteiger partial charge in [-0.25, -0.2) is 5.90 Å². The number of aryl methyl sites for hydroxylation is 1. The lowest BCUT2D eigenvalue weighted by Gasteiger charge is -2.21. The van der Waals surface area contributed by atoms with Crippen molar-refractivity contribution in [1.29, 1.82) is 0 Å². The largest absolute Gasteiger partial charge is 0.496 e. The highest BCUT2D eigenvalue weighted by molar-refractivity contribution is 5.78. The molecular formula is C34H36N2O4. The van der Waals surface area contributed by atoms with Crippen LogP contribution in [0.2, 0.25) is 0 Å². The Kier molecular flexibility index (Phi) is 10.5. The topological polar surface area (TPSA) is 82.8 Å². The minimum atomic E-state index is -0.255. The van der Waals surface area contributed by atoms with Gasteiger partial charge >= 0.3 is 0 Å². The van der Waals surface area contributed by atoms with Gasteiger partial charge in [-0.3, -0.25) is 9.63 Å². The zero-order valence-electron chi connectivity index (χ0n) is 23.0. The quantitative estimate of drug-likeness (QED) is 0.203. The molecule has 3 aromatic carbocycles. The van der Waals surface area contributed by atoms with Crippen molar-refractivity contribution in [2.45, 2.75) is 32.4 Å². The van der Waals surface area contributed by atoms with Gasteiger partial charge in [0.15, 0.2) is 0 Å². The van der Waals surface area contributed by atoms with Crippen LogP contribution in [0.4, 0.5) is 0 Å². The Morgan fingerprint density at radius 2 is 1.60 bits per heavy atom. The van der Waals surface area contributed by atoms with Gasteiger partial charge in [0.25, 0.3) is 0 Å². The molecule has 0 bridgehead atoms. The van der Waals surface area contributed by atoms with Crippen LogP contribution in [0.25, 0.3) is 5.57 Å². The second-order valence-corrected chi connectivity index (χ2v) is 9.52. The molecule has 1 atom stereocenters. The molecular weight excluding hydrogens is 500 g/mol. The summed E-state index contributed by atoms with van der Waals surface area (Å²) in [5.41, 5.74) is 6.31. The molecule has 40 heavy (non-hydrogen) atoms. The van der Waals surface area contributed by atoms with E-state index < -0.39 is 0 Å². The molecule has 0 aromatic heterocycles. The van der Waals surface area contributed by atoms with Crippen molar-refractivity contribution >= 4 is 11.5 Å². The number of amides is 1. The number of ether oxygens (including phenoxy) is 2. The standard InChI is InChI=1S/C34H36N2O4/c1-25-12-14-28(15-13-25)34(29-18-16-27(17-19-29)26-9-6-4-3-5-7-10-26)36-33(37)11-8-22-39-31-21-20-30(24-40-35)32(23-31)38-2/h3-7,9-10,12-21,23,34H,8,11,22,24,35H2,1-2H3,(H,36,37). The number of carbonyl (C=O) groups is 1. The van der Waals surface area contributed by atoms with Crippen molar-refractivity contribution < 1.29 is 19.1 Å².